The Labute approximate surface area is 126 Å². The van der Waals surface area contributed by atoms with Gasteiger partial charge in [0.2, 0.25) is 5.91 Å². The number of rotatable bonds is 2. The average molecular weight is 283 g/mol. The number of hydrogen-bond acceptors (Lipinski definition) is 3. The standard InChI is InChI=1S/C17H21N3O/c1-13-4-3-5-15(14(13)2)19-8-10-20(11-9-19)16(21)17(12-18)6-7-17/h3-5H,6-11H2,1-2H3. The molecule has 1 aliphatic heterocycles. The van der Waals surface area contributed by atoms with E-state index in [1.54, 1.807) is 0 Å². The van der Waals surface area contributed by atoms with Crippen molar-refractivity contribution in [2.75, 3.05) is 31.1 Å². The first-order valence-electron chi connectivity index (χ1n) is 7.59. The molecule has 3 rings (SSSR count). The van der Waals surface area contributed by atoms with Crippen LogP contribution in [0.4, 0.5) is 5.69 Å². The van der Waals surface area contributed by atoms with Crippen LogP contribution in [0.15, 0.2) is 18.2 Å². The molecule has 1 saturated heterocycles. The monoisotopic (exact) mass is 283 g/mol. The van der Waals surface area contributed by atoms with Gasteiger partial charge in [0, 0.05) is 31.9 Å². The highest BCUT2D eigenvalue weighted by molar-refractivity contribution is 5.88. The van der Waals surface area contributed by atoms with Gasteiger partial charge in [0.1, 0.15) is 5.41 Å². The van der Waals surface area contributed by atoms with E-state index < -0.39 is 5.41 Å². The summed E-state index contributed by atoms with van der Waals surface area (Å²) in [6, 6.07) is 8.57. The average Bonchev–Trinajstić information content (AvgIpc) is 3.31. The summed E-state index contributed by atoms with van der Waals surface area (Å²) >= 11 is 0. The van der Waals surface area contributed by atoms with Crippen LogP contribution in [0.2, 0.25) is 0 Å². The predicted octanol–water partition coefficient (Wildman–Crippen LogP) is 2.26. The van der Waals surface area contributed by atoms with Gasteiger partial charge in [-0.25, -0.2) is 0 Å². The summed E-state index contributed by atoms with van der Waals surface area (Å²) in [6.07, 6.45) is 1.47. The van der Waals surface area contributed by atoms with Crippen LogP contribution in [0.25, 0.3) is 0 Å². The van der Waals surface area contributed by atoms with Crippen LogP contribution in [0.5, 0.6) is 0 Å². The van der Waals surface area contributed by atoms with E-state index in [2.05, 4.69) is 43.0 Å². The van der Waals surface area contributed by atoms with E-state index in [1.807, 2.05) is 4.90 Å². The number of carbonyl (C=O) groups excluding carboxylic acids is 1. The van der Waals surface area contributed by atoms with Crippen molar-refractivity contribution < 1.29 is 4.79 Å². The van der Waals surface area contributed by atoms with Crippen molar-refractivity contribution in [3.8, 4) is 6.07 Å². The second-order valence-corrected chi connectivity index (χ2v) is 6.19. The van der Waals surface area contributed by atoms with Crippen LogP contribution in [0, 0.1) is 30.6 Å². The highest BCUT2D eigenvalue weighted by Gasteiger charge is 2.52. The van der Waals surface area contributed by atoms with Crippen LogP contribution < -0.4 is 4.90 Å². The first kappa shape index (κ1) is 13.9. The van der Waals surface area contributed by atoms with Crippen LogP contribution >= 0.6 is 0 Å². The topological polar surface area (TPSA) is 47.3 Å². The van der Waals surface area contributed by atoms with E-state index >= 15 is 0 Å². The molecule has 2 fully saturated rings. The van der Waals surface area contributed by atoms with E-state index in [4.69, 9.17) is 5.26 Å². The van der Waals surface area contributed by atoms with E-state index in [0.717, 1.165) is 39.0 Å². The van der Waals surface area contributed by atoms with Gasteiger partial charge < -0.3 is 9.80 Å². The Kier molecular flexibility index (Phi) is 3.36. The van der Waals surface area contributed by atoms with Crippen molar-refractivity contribution in [1.82, 2.24) is 4.90 Å². The molecule has 0 bridgehead atoms. The second-order valence-electron chi connectivity index (χ2n) is 6.19. The molecule has 4 nitrogen and oxygen atoms in total. The molecule has 4 heteroatoms. The summed E-state index contributed by atoms with van der Waals surface area (Å²) in [7, 11) is 0. The normalized spacial score (nSPS) is 20.0. The zero-order chi connectivity index (χ0) is 15.0. The van der Waals surface area contributed by atoms with Crippen LogP contribution in [0.3, 0.4) is 0 Å². The summed E-state index contributed by atoms with van der Waals surface area (Å²) in [5.74, 6) is 0.0469. The lowest BCUT2D eigenvalue weighted by atomic mass is 10.1. The minimum absolute atomic E-state index is 0.0469. The largest absolute Gasteiger partial charge is 0.368 e. The van der Waals surface area contributed by atoms with Crippen molar-refractivity contribution in [3.63, 3.8) is 0 Å². The van der Waals surface area contributed by atoms with Crippen molar-refractivity contribution in [1.29, 1.82) is 5.26 Å². The molecule has 2 aliphatic rings. The number of anilines is 1. The lowest BCUT2D eigenvalue weighted by Gasteiger charge is -2.37. The van der Waals surface area contributed by atoms with Gasteiger partial charge in [-0.3, -0.25) is 4.79 Å². The molecule has 21 heavy (non-hydrogen) atoms. The van der Waals surface area contributed by atoms with E-state index in [-0.39, 0.29) is 5.91 Å². The maximum Gasteiger partial charge on any atom is 0.243 e. The summed E-state index contributed by atoms with van der Waals surface area (Å²) in [5, 5.41) is 9.15. The van der Waals surface area contributed by atoms with Crippen LogP contribution in [-0.4, -0.2) is 37.0 Å². The summed E-state index contributed by atoms with van der Waals surface area (Å²) in [5.41, 5.74) is 3.20. The molecule has 0 unspecified atom stereocenters. The van der Waals surface area contributed by atoms with Gasteiger partial charge in [0.25, 0.3) is 0 Å². The molecule has 1 aliphatic carbocycles. The molecule has 0 aromatic heterocycles. The highest BCUT2D eigenvalue weighted by Crippen LogP contribution is 2.46. The number of amides is 1. The number of hydrogen-bond donors (Lipinski definition) is 0. The van der Waals surface area contributed by atoms with Gasteiger partial charge in [-0.1, -0.05) is 12.1 Å². The molecule has 1 heterocycles. The molecule has 0 atom stereocenters. The van der Waals surface area contributed by atoms with Gasteiger partial charge in [-0.05, 0) is 43.9 Å². The number of nitriles is 1. The number of nitrogens with zero attached hydrogens (tertiary/aromatic N) is 3. The SMILES string of the molecule is Cc1cccc(N2CCN(C(=O)C3(C#N)CC3)CC2)c1C. The lowest BCUT2D eigenvalue weighted by molar-refractivity contribution is -0.135. The Balaban J connectivity index is 1.67. The summed E-state index contributed by atoms with van der Waals surface area (Å²) in [6.45, 7) is 7.40. The lowest BCUT2D eigenvalue weighted by Crippen LogP contribution is -2.51. The van der Waals surface area contributed by atoms with Crippen molar-refractivity contribution in [2.45, 2.75) is 26.7 Å². The molecule has 0 radical (unpaired) electrons. The Morgan fingerprint density at radius 1 is 1.19 bits per heavy atom. The molecule has 1 aromatic carbocycles. The third kappa shape index (κ3) is 2.37. The van der Waals surface area contributed by atoms with E-state index in [1.165, 1.54) is 16.8 Å². The fourth-order valence-corrected chi connectivity index (χ4v) is 3.03. The number of benzene rings is 1. The third-order valence-electron chi connectivity index (χ3n) is 4.86. The maximum atomic E-state index is 12.4. The Morgan fingerprint density at radius 2 is 1.86 bits per heavy atom. The van der Waals surface area contributed by atoms with Crippen molar-refractivity contribution in [2.24, 2.45) is 5.41 Å². The Bertz CT molecular complexity index is 605. The fraction of sp³-hybridized carbons (Fsp3) is 0.529. The second kappa shape index (κ2) is 5.07. The quantitative estimate of drug-likeness (QED) is 0.836. The molecule has 0 N–H and O–H groups in total. The van der Waals surface area contributed by atoms with Gasteiger partial charge in [-0.2, -0.15) is 5.26 Å². The molecule has 1 saturated carbocycles. The van der Waals surface area contributed by atoms with Gasteiger partial charge in [-0.15, -0.1) is 0 Å². The zero-order valence-corrected chi connectivity index (χ0v) is 12.7. The predicted molar refractivity (Wildman–Crippen MR) is 82.0 cm³/mol. The number of piperazine rings is 1. The van der Waals surface area contributed by atoms with Gasteiger partial charge in [0.15, 0.2) is 0 Å². The van der Waals surface area contributed by atoms with Crippen molar-refractivity contribution >= 4 is 11.6 Å². The molecule has 1 amide bonds. The number of carbonyl (C=O) groups is 1. The first-order chi connectivity index (χ1) is 10.1. The molecular formula is C17H21N3O. The summed E-state index contributed by atoms with van der Waals surface area (Å²) < 4.78 is 0. The van der Waals surface area contributed by atoms with E-state index in [0.29, 0.717) is 0 Å². The maximum absolute atomic E-state index is 12.4. The summed E-state index contributed by atoms with van der Waals surface area (Å²) in [4.78, 5) is 16.6. The minimum Gasteiger partial charge on any atom is -0.368 e. The molecule has 110 valence electrons. The Hall–Kier alpha value is -2.02. The van der Waals surface area contributed by atoms with Crippen LogP contribution in [-0.2, 0) is 4.79 Å². The zero-order valence-electron chi connectivity index (χ0n) is 12.7. The molecular weight excluding hydrogens is 262 g/mol. The first-order valence-corrected chi connectivity index (χ1v) is 7.59. The molecule has 0 spiro atoms. The van der Waals surface area contributed by atoms with E-state index in [9.17, 15) is 4.79 Å². The molecule has 1 aromatic rings. The smallest absolute Gasteiger partial charge is 0.243 e. The highest BCUT2D eigenvalue weighted by atomic mass is 16.2. The van der Waals surface area contributed by atoms with Crippen molar-refractivity contribution in [3.05, 3.63) is 29.3 Å². The fourth-order valence-electron chi connectivity index (χ4n) is 3.03. The van der Waals surface area contributed by atoms with Crippen LogP contribution in [0.1, 0.15) is 24.0 Å². The number of aryl methyl sites for hydroxylation is 1. The third-order valence-corrected chi connectivity index (χ3v) is 4.86. The Morgan fingerprint density at radius 3 is 2.43 bits per heavy atom. The minimum atomic E-state index is -0.679. The van der Waals surface area contributed by atoms with Gasteiger partial charge in [0.05, 0.1) is 6.07 Å². The van der Waals surface area contributed by atoms with Gasteiger partial charge >= 0.3 is 0 Å².